The molecule has 0 aliphatic carbocycles. The quantitative estimate of drug-likeness (QED) is 0.515. The molecule has 166 valence electrons. The van der Waals surface area contributed by atoms with Crippen molar-refractivity contribution in [1.29, 1.82) is 5.26 Å². The maximum absolute atomic E-state index is 13.0. The molecule has 2 amide bonds. The summed E-state index contributed by atoms with van der Waals surface area (Å²) in [7, 11) is 1.74. The molecule has 1 heterocycles. The molecule has 3 aromatic carbocycles. The Bertz CT molecular complexity index is 1210. The van der Waals surface area contributed by atoms with Gasteiger partial charge in [-0.2, -0.15) is 5.26 Å². The fourth-order valence-electron chi connectivity index (χ4n) is 4.10. The third kappa shape index (κ3) is 5.08. The largest absolute Gasteiger partial charge is 0.312 e. The van der Waals surface area contributed by atoms with E-state index in [0.29, 0.717) is 35.5 Å². The molecule has 0 unspecified atom stereocenters. The van der Waals surface area contributed by atoms with E-state index in [9.17, 15) is 9.59 Å². The van der Waals surface area contributed by atoms with E-state index >= 15 is 0 Å². The molecule has 0 N–H and O–H groups in total. The zero-order chi connectivity index (χ0) is 23.4. The fourth-order valence-corrected chi connectivity index (χ4v) is 4.22. The van der Waals surface area contributed by atoms with Crippen LogP contribution < -0.4 is 9.80 Å². The van der Waals surface area contributed by atoms with Crippen molar-refractivity contribution in [2.45, 2.75) is 25.7 Å². The first-order chi connectivity index (χ1) is 16.0. The van der Waals surface area contributed by atoms with Gasteiger partial charge < -0.3 is 9.80 Å². The van der Waals surface area contributed by atoms with Crippen LogP contribution in [0.15, 0.2) is 66.7 Å². The minimum Gasteiger partial charge on any atom is -0.312 e. The first-order valence-electron chi connectivity index (χ1n) is 10.9. The maximum atomic E-state index is 13.0. The van der Waals surface area contributed by atoms with Crippen molar-refractivity contribution in [3.05, 3.63) is 94.0 Å². The van der Waals surface area contributed by atoms with Gasteiger partial charge in [0.1, 0.15) is 0 Å². The van der Waals surface area contributed by atoms with Gasteiger partial charge in [0, 0.05) is 42.0 Å². The standard InChI is InChI=1S/C27H24ClN3O2/c1-30(24-12-10-23(28)11-13-24)27(33)22-9-14-25-21(17-22)3-2-16-31(25)26(32)15-8-19-4-6-20(18-29)7-5-19/h4-7,9-14,17H,2-3,8,15-16H2,1H3. The zero-order valence-electron chi connectivity index (χ0n) is 18.4. The maximum Gasteiger partial charge on any atom is 0.258 e. The minimum absolute atomic E-state index is 0.0673. The van der Waals surface area contributed by atoms with Crippen LogP contribution in [0.4, 0.5) is 11.4 Å². The van der Waals surface area contributed by atoms with Crippen LogP contribution in [0, 0.1) is 11.3 Å². The summed E-state index contributed by atoms with van der Waals surface area (Å²) in [5.41, 5.74) is 4.91. The number of hydrogen-bond acceptors (Lipinski definition) is 3. The van der Waals surface area contributed by atoms with Crippen molar-refractivity contribution in [2.24, 2.45) is 0 Å². The summed E-state index contributed by atoms with van der Waals surface area (Å²) in [6.07, 6.45) is 2.71. The van der Waals surface area contributed by atoms with Crippen LogP contribution in [0.5, 0.6) is 0 Å². The average molecular weight is 458 g/mol. The van der Waals surface area contributed by atoms with Crippen LogP contribution >= 0.6 is 11.6 Å². The van der Waals surface area contributed by atoms with E-state index in [-0.39, 0.29) is 11.8 Å². The van der Waals surface area contributed by atoms with E-state index < -0.39 is 0 Å². The van der Waals surface area contributed by atoms with Crippen LogP contribution in [0.1, 0.15) is 39.9 Å². The molecule has 1 aliphatic rings. The zero-order valence-corrected chi connectivity index (χ0v) is 19.2. The Morgan fingerprint density at radius 2 is 1.79 bits per heavy atom. The number of benzene rings is 3. The summed E-state index contributed by atoms with van der Waals surface area (Å²) in [5.74, 6) is -0.0398. The first-order valence-corrected chi connectivity index (χ1v) is 11.3. The predicted octanol–water partition coefficient (Wildman–Crippen LogP) is 5.40. The Labute approximate surface area is 198 Å². The van der Waals surface area contributed by atoms with Crippen LogP contribution in [0.2, 0.25) is 5.02 Å². The highest BCUT2D eigenvalue weighted by atomic mass is 35.5. The molecular formula is C27H24ClN3O2. The molecule has 0 aromatic heterocycles. The van der Waals surface area contributed by atoms with Crippen molar-refractivity contribution in [1.82, 2.24) is 0 Å². The summed E-state index contributed by atoms with van der Waals surface area (Å²) in [6, 6.07) is 22.2. The molecule has 5 nitrogen and oxygen atoms in total. The van der Waals surface area contributed by atoms with E-state index in [1.54, 1.807) is 42.3 Å². The molecule has 0 radical (unpaired) electrons. The van der Waals surface area contributed by atoms with Gasteiger partial charge in [-0.05, 0) is 85.0 Å². The highest BCUT2D eigenvalue weighted by Crippen LogP contribution is 2.30. The molecule has 6 heteroatoms. The molecule has 33 heavy (non-hydrogen) atoms. The number of aryl methyl sites for hydroxylation is 2. The molecule has 0 atom stereocenters. The molecular weight excluding hydrogens is 434 g/mol. The second kappa shape index (κ2) is 9.89. The molecule has 0 saturated carbocycles. The van der Waals surface area contributed by atoms with E-state index in [1.165, 1.54) is 0 Å². The van der Waals surface area contributed by atoms with Gasteiger partial charge in [-0.3, -0.25) is 9.59 Å². The van der Waals surface area contributed by atoms with Crippen molar-refractivity contribution in [3.63, 3.8) is 0 Å². The van der Waals surface area contributed by atoms with Gasteiger partial charge >= 0.3 is 0 Å². The molecule has 4 rings (SSSR count). The molecule has 0 spiro atoms. The monoisotopic (exact) mass is 457 g/mol. The van der Waals surface area contributed by atoms with Gasteiger partial charge in [0.15, 0.2) is 0 Å². The summed E-state index contributed by atoms with van der Waals surface area (Å²) in [5, 5.41) is 9.54. The number of fused-ring (bicyclic) bond motifs is 1. The smallest absolute Gasteiger partial charge is 0.258 e. The van der Waals surface area contributed by atoms with E-state index in [4.69, 9.17) is 16.9 Å². The number of nitrogens with zero attached hydrogens (tertiary/aromatic N) is 3. The Morgan fingerprint density at radius 3 is 2.48 bits per heavy atom. The second-order valence-electron chi connectivity index (χ2n) is 8.14. The third-order valence-electron chi connectivity index (χ3n) is 5.98. The van der Waals surface area contributed by atoms with Gasteiger partial charge in [-0.15, -0.1) is 0 Å². The van der Waals surface area contributed by atoms with Crippen molar-refractivity contribution >= 4 is 34.8 Å². The van der Waals surface area contributed by atoms with E-state index in [2.05, 4.69) is 6.07 Å². The second-order valence-corrected chi connectivity index (χ2v) is 8.58. The average Bonchev–Trinajstić information content (AvgIpc) is 2.86. The minimum atomic E-state index is -0.107. The highest BCUT2D eigenvalue weighted by Gasteiger charge is 2.24. The number of amides is 2. The number of nitriles is 1. The lowest BCUT2D eigenvalue weighted by atomic mass is 9.98. The van der Waals surface area contributed by atoms with Crippen LogP contribution in [0.25, 0.3) is 0 Å². The van der Waals surface area contributed by atoms with Crippen LogP contribution in [-0.4, -0.2) is 25.4 Å². The van der Waals surface area contributed by atoms with Gasteiger partial charge in [0.2, 0.25) is 5.91 Å². The Hall–Kier alpha value is -3.62. The molecule has 1 aliphatic heterocycles. The number of carbonyl (C=O) groups excluding carboxylic acids is 2. The molecule has 0 fully saturated rings. The lowest BCUT2D eigenvalue weighted by Gasteiger charge is -2.30. The number of carbonyl (C=O) groups is 2. The Balaban J connectivity index is 1.47. The first kappa shape index (κ1) is 22.6. The predicted molar refractivity (Wildman–Crippen MR) is 131 cm³/mol. The fraction of sp³-hybridized carbons (Fsp3) is 0.222. The Kier molecular flexibility index (Phi) is 6.76. The van der Waals surface area contributed by atoms with Gasteiger partial charge in [-0.1, -0.05) is 23.7 Å². The summed E-state index contributed by atoms with van der Waals surface area (Å²) < 4.78 is 0. The van der Waals surface area contributed by atoms with E-state index in [0.717, 1.165) is 35.3 Å². The number of anilines is 2. The van der Waals surface area contributed by atoms with Crippen LogP contribution in [-0.2, 0) is 17.6 Å². The lowest BCUT2D eigenvalue weighted by Crippen LogP contribution is -2.36. The van der Waals surface area contributed by atoms with Crippen molar-refractivity contribution < 1.29 is 9.59 Å². The Morgan fingerprint density at radius 1 is 1.06 bits per heavy atom. The van der Waals surface area contributed by atoms with Gasteiger partial charge in [0.25, 0.3) is 5.91 Å². The van der Waals surface area contributed by atoms with Crippen LogP contribution in [0.3, 0.4) is 0 Å². The van der Waals surface area contributed by atoms with E-state index in [1.807, 2.05) is 41.3 Å². The SMILES string of the molecule is CN(C(=O)c1ccc2c(c1)CCCN2C(=O)CCc1ccc(C#N)cc1)c1ccc(Cl)cc1. The molecule has 3 aromatic rings. The number of halogens is 1. The van der Waals surface area contributed by atoms with Crippen molar-refractivity contribution in [2.75, 3.05) is 23.4 Å². The van der Waals surface area contributed by atoms with Gasteiger partial charge in [0.05, 0.1) is 11.6 Å². The molecule has 0 bridgehead atoms. The number of rotatable bonds is 5. The molecule has 0 saturated heterocycles. The third-order valence-corrected chi connectivity index (χ3v) is 6.23. The highest BCUT2D eigenvalue weighted by molar-refractivity contribution is 6.30. The summed E-state index contributed by atoms with van der Waals surface area (Å²) in [6.45, 7) is 0.678. The number of hydrogen-bond donors (Lipinski definition) is 0. The summed E-state index contributed by atoms with van der Waals surface area (Å²) in [4.78, 5) is 29.4. The van der Waals surface area contributed by atoms with Gasteiger partial charge in [-0.25, -0.2) is 0 Å². The lowest BCUT2D eigenvalue weighted by molar-refractivity contribution is -0.118. The topological polar surface area (TPSA) is 64.4 Å². The normalized spacial score (nSPS) is 12.6. The van der Waals surface area contributed by atoms with Crippen molar-refractivity contribution in [3.8, 4) is 6.07 Å². The summed E-state index contributed by atoms with van der Waals surface area (Å²) >= 11 is 5.95.